The molecule has 0 aliphatic rings. The van der Waals surface area contributed by atoms with Crippen molar-refractivity contribution >= 4 is 10.8 Å². The van der Waals surface area contributed by atoms with Crippen LogP contribution in [-0.4, -0.2) is 17.0 Å². The second-order valence-corrected chi connectivity index (χ2v) is 4.50. The van der Waals surface area contributed by atoms with Crippen LogP contribution in [0.2, 0.25) is 0 Å². The average molecular weight is 249 g/mol. The van der Waals surface area contributed by atoms with Crippen LogP contribution in [0.3, 0.4) is 0 Å². The van der Waals surface area contributed by atoms with E-state index in [2.05, 4.69) is 57.7 Å². The molecule has 1 aromatic heterocycles. The first-order chi connectivity index (χ1) is 9.38. The van der Waals surface area contributed by atoms with Gasteiger partial charge < -0.3 is 5.32 Å². The van der Waals surface area contributed by atoms with E-state index in [1.165, 1.54) is 16.3 Å². The van der Waals surface area contributed by atoms with Gasteiger partial charge in [0.15, 0.2) is 0 Å². The van der Waals surface area contributed by atoms with Crippen molar-refractivity contribution in [3.63, 3.8) is 0 Å². The summed E-state index contributed by atoms with van der Waals surface area (Å²) in [5.41, 5.74) is 2.29. The Kier molecular flexibility index (Phi) is 3.21. The van der Waals surface area contributed by atoms with Gasteiger partial charge >= 0.3 is 0 Å². The molecule has 0 fully saturated rings. The number of hydrogen-bond acceptors (Lipinski definition) is 3. The molecule has 94 valence electrons. The van der Waals surface area contributed by atoms with Gasteiger partial charge in [-0.2, -0.15) is 0 Å². The highest BCUT2D eigenvalue weighted by Crippen LogP contribution is 2.24. The van der Waals surface area contributed by atoms with Crippen molar-refractivity contribution < 1.29 is 0 Å². The molecule has 0 saturated carbocycles. The van der Waals surface area contributed by atoms with Gasteiger partial charge in [0.2, 0.25) is 0 Å². The van der Waals surface area contributed by atoms with Crippen molar-refractivity contribution in [1.82, 2.24) is 15.3 Å². The van der Waals surface area contributed by atoms with E-state index in [1.54, 1.807) is 6.33 Å². The summed E-state index contributed by atoms with van der Waals surface area (Å²) in [6.07, 6.45) is 5.25. The Balaban J connectivity index is 2.06. The summed E-state index contributed by atoms with van der Waals surface area (Å²) in [6, 6.07) is 15.0. The molecule has 3 nitrogen and oxygen atoms in total. The molecule has 0 radical (unpaired) electrons. The van der Waals surface area contributed by atoms with Crippen LogP contribution in [0, 0.1) is 0 Å². The molecule has 3 aromatic rings. The van der Waals surface area contributed by atoms with Crippen LogP contribution in [0.5, 0.6) is 0 Å². The van der Waals surface area contributed by atoms with Crippen LogP contribution in [0.4, 0.5) is 0 Å². The standard InChI is InChI=1S/C16H15N3/c1-17-16(15-9-18-11-19-10-15)14-7-6-12-4-2-3-5-13(12)8-14/h2-11,16-17H,1H3. The fourth-order valence-electron chi connectivity index (χ4n) is 2.37. The Bertz CT molecular complexity index is 680. The zero-order valence-corrected chi connectivity index (χ0v) is 10.7. The monoisotopic (exact) mass is 249 g/mol. The topological polar surface area (TPSA) is 37.8 Å². The van der Waals surface area contributed by atoms with Crippen molar-refractivity contribution in [1.29, 1.82) is 0 Å². The van der Waals surface area contributed by atoms with Crippen LogP contribution in [-0.2, 0) is 0 Å². The molecule has 1 unspecified atom stereocenters. The third kappa shape index (κ3) is 2.33. The molecule has 0 aliphatic heterocycles. The highest BCUT2D eigenvalue weighted by Gasteiger charge is 2.12. The molecule has 3 rings (SSSR count). The number of benzene rings is 2. The number of hydrogen-bond donors (Lipinski definition) is 1. The van der Waals surface area contributed by atoms with Crippen molar-refractivity contribution in [2.75, 3.05) is 7.05 Å². The minimum Gasteiger partial charge on any atom is -0.309 e. The molecular formula is C16H15N3. The third-order valence-electron chi connectivity index (χ3n) is 3.31. The van der Waals surface area contributed by atoms with E-state index in [9.17, 15) is 0 Å². The van der Waals surface area contributed by atoms with Gasteiger partial charge in [0.05, 0.1) is 6.04 Å². The molecule has 2 aromatic carbocycles. The number of rotatable bonds is 3. The lowest BCUT2D eigenvalue weighted by Gasteiger charge is -2.16. The Morgan fingerprint density at radius 3 is 2.37 bits per heavy atom. The Morgan fingerprint density at radius 1 is 0.895 bits per heavy atom. The Labute approximate surface area is 112 Å². The van der Waals surface area contributed by atoms with Crippen LogP contribution in [0.1, 0.15) is 17.2 Å². The van der Waals surface area contributed by atoms with Crippen molar-refractivity contribution in [3.05, 3.63) is 72.3 Å². The summed E-state index contributed by atoms with van der Waals surface area (Å²) in [5, 5.41) is 5.82. The number of nitrogens with one attached hydrogen (secondary N) is 1. The quantitative estimate of drug-likeness (QED) is 0.775. The molecule has 0 bridgehead atoms. The van der Waals surface area contributed by atoms with E-state index in [1.807, 2.05) is 19.4 Å². The zero-order valence-electron chi connectivity index (χ0n) is 10.7. The number of fused-ring (bicyclic) bond motifs is 1. The molecule has 0 amide bonds. The molecule has 0 aliphatic carbocycles. The van der Waals surface area contributed by atoms with Gasteiger partial charge in [0.25, 0.3) is 0 Å². The Hall–Kier alpha value is -2.26. The second-order valence-electron chi connectivity index (χ2n) is 4.50. The number of nitrogens with zero attached hydrogens (tertiary/aromatic N) is 2. The van der Waals surface area contributed by atoms with E-state index >= 15 is 0 Å². The molecule has 19 heavy (non-hydrogen) atoms. The molecular weight excluding hydrogens is 234 g/mol. The van der Waals surface area contributed by atoms with Gasteiger partial charge in [-0.3, -0.25) is 0 Å². The highest BCUT2D eigenvalue weighted by molar-refractivity contribution is 5.83. The smallest absolute Gasteiger partial charge is 0.115 e. The van der Waals surface area contributed by atoms with Crippen molar-refractivity contribution in [2.45, 2.75) is 6.04 Å². The summed E-state index contributed by atoms with van der Waals surface area (Å²) in [7, 11) is 1.95. The van der Waals surface area contributed by atoms with Crippen LogP contribution in [0.25, 0.3) is 10.8 Å². The third-order valence-corrected chi connectivity index (χ3v) is 3.31. The minimum atomic E-state index is 0.116. The molecule has 0 spiro atoms. The van der Waals surface area contributed by atoms with Crippen molar-refractivity contribution in [3.8, 4) is 0 Å². The van der Waals surface area contributed by atoms with Crippen molar-refractivity contribution in [2.24, 2.45) is 0 Å². The van der Waals surface area contributed by atoms with Gasteiger partial charge in [0, 0.05) is 18.0 Å². The predicted octanol–water partition coefficient (Wildman–Crippen LogP) is 2.94. The normalized spacial score (nSPS) is 12.5. The van der Waals surface area contributed by atoms with Crippen LogP contribution < -0.4 is 5.32 Å². The fourth-order valence-corrected chi connectivity index (χ4v) is 2.37. The first-order valence-corrected chi connectivity index (χ1v) is 6.29. The Morgan fingerprint density at radius 2 is 1.63 bits per heavy atom. The maximum Gasteiger partial charge on any atom is 0.115 e. The summed E-state index contributed by atoms with van der Waals surface area (Å²) in [4.78, 5) is 8.18. The van der Waals surface area contributed by atoms with E-state index in [-0.39, 0.29) is 6.04 Å². The van der Waals surface area contributed by atoms with Crippen LogP contribution in [0.15, 0.2) is 61.2 Å². The number of aromatic nitrogens is 2. The lowest BCUT2D eigenvalue weighted by atomic mass is 9.98. The molecule has 1 atom stereocenters. The van der Waals surface area contributed by atoms with Gasteiger partial charge in [-0.1, -0.05) is 36.4 Å². The first kappa shape index (κ1) is 11.8. The van der Waals surface area contributed by atoms with Crippen LogP contribution >= 0.6 is 0 Å². The fraction of sp³-hybridized carbons (Fsp3) is 0.125. The van der Waals surface area contributed by atoms with Gasteiger partial charge in [-0.25, -0.2) is 9.97 Å². The SMILES string of the molecule is CNC(c1cncnc1)c1ccc2ccccc2c1. The molecule has 1 N–H and O–H groups in total. The average Bonchev–Trinajstić information content (AvgIpc) is 2.49. The van der Waals surface area contributed by atoms with E-state index in [0.717, 1.165) is 5.56 Å². The molecule has 0 saturated heterocycles. The summed E-state index contributed by atoms with van der Waals surface area (Å²) in [6.45, 7) is 0. The molecule has 3 heteroatoms. The maximum absolute atomic E-state index is 4.09. The van der Waals surface area contributed by atoms with E-state index in [4.69, 9.17) is 0 Å². The first-order valence-electron chi connectivity index (χ1n) is 6.29. The summed E-state index contributed by atoms with van der Waals surface area (Å²) >= 11 is 0. The zero-order chi connectivity index (χ0) is 13.1. The summed E-state index contributed by atoms with van der Waals surface area (Å²) in [5.74, 6) is 0. The van der Waals surface area contributed by atoms with E-state index < -0.39 is 0 Å². The second kappa shape index (κ2) is 5.16. The van der Waals surface area contributed by atoms with Gasteiger partial charge in [0.1, 0.15) is 6.33 Å². The highest BCUT2D eigenvalue weighted by atomic mass is 14.9. The lowest BCUT2D eigenvalue weighted by molar-refractivity contribution is 0.685. The maximum atomic E-state index is 4.09. The van der Waals surface area contributed by atoms with Gasteiger partial charge in [-0.05, 0) is 29.4 Å². The predicted molar refractivity (Wildman–Crippen MR) is 76.9 cm³/mol. The molecule has 1 heterocycles. The van der Waals surface area contributed by atoms with Gasteiger partial charge in [-0.15, -0.1) is 0 Å². The van der Waals surface area contributed by atoms with E-state index in [0.29, 0.717) is 0 Å². The minimum absolute atomic E-state index is 0.116. The summed E-state index contributed by atoms with van der Waals surface area (Å²) < 4.78 is 0. The lowest BCUT2D eigenvalue weighted by Crippen LogP contribution is -2.17. The largest absolute Gasteiger partial charge is 0.309 e.